The Morgan fingerprint density at radius 2 is 1.81 bits per heavy atom. The molecule has 2 aliphatic rings. The van der Waals surface area contributed by atoms with Gasteiger partial charge in [0.15, 0.2) is 0 Å². The van der Waals surface area contributed by atoms with E-state index >= 15 is 0 Å². The number of nitrogens with one attached hydrogen (secondary N) is 1. The molecule has 0 spiro atoms. The van der Waals surface area contributed by atoms with E-state index in [0.717, 1.165) is 31.6 Å². The Morgan fingerprint density at radius 3 is 2.48 bits per heavy atom. The standard InChI is InChI=1S/C17H23FN2O/c1-11-7-9-13(10-8-11)20-16(19-12(2)17(20)21)14-5-3-4-6-15(14)18/h3-6,11-13,16,19H,7-10H2,1-2H3. The van der Waals surface area contributed by atoms with Gasteiger partial charge in [0.2, 0.25) is 5.91 Å². The summed E-state index contributed by atoms with van der Waals surface area (Å²) in [6.07, 6.45) is 4.00. The maximum absolute atomic E-state index is 14.1. The van der Waals surface area contributed by atoms with Crippen molar-refractivity contribution in [2.75, 3.05) is 0 Å². The summed E-state index contributed by atoms with van der Waals surface area (Å²) < 4.78 is 14.1. The minimum atomic E-state index is -0.327. The fourth-order valence-corrected chi connectivity index (χ4v) is 3.59. The van der Waals surface area contributed by atoms with Crippen LogP contribution in [0.25, 0.3) is 0 Å². The van der Waals surface area contributed by atoms with Crippen molar-refractivity contribution in [2.45, 2.75) is 57.8 Å². The van der Waals surface area contributed by atoms with Gasteiger partial charge >= 0.3 is 0 Å². The highest BCUT2D eigenvalue weighted by Crippen LogP contribution is 2.35. The molecule has 1 amide bonds. The van der Waals surface area contributed by atoms with Gasteiger partial charge in [0.05, 0.1) is 6.04 Å². The van der Waals surface area contributed by atoms with Crippen LogP contribution in [-0.2, 0) is 4.79 Å². The fourth-order valence-electron chi connectivity index (χ4n) is 3.59. The van der Waals surface area contributed by atoms with Gasteiger partial charge in [-0.05, 0) is 44.6 Å². The van der Waals surface area contributed by atoms with E-state index in [4.69, 9.17) is 0 Å². The molecule has 1 aromatic carbocycles. The van der Waals surface area contributed by atoms with Crippen LogP contribution in [0.3, 0.4) is 0 Å². The van der Waals surface area contributed by atoms with Gasteiger partial charge < -0.3 is 4.90 Å². The van der Waals surface area contributed by atoms with Gasteiger partial charge in [-0.2, -0.15) is 0 Å². The van der Waals surface area contributed by atoms with E-state index in [9.17, 15) is 9.18 Å². The van der Waals surface area contributed by atoms with Crippen LogP contribution in [0.1, 0.15) is 51.3 Å². The molecule has 2 fully saturated rings. The van der Waals surface area contributed by atoms with Crippen LogP contribution in [0.5, 0.6) is 0 Å². The van der Waals surface area contributed by atoms with Crippen molar-refractivity contribution in [3.05, 3.63) is 35.6 Å². The maximum atomic E-state index is 14.1. The van der Waals surface area contributed by atoms with Crippen molar-refractivity contribution in [1.82, 2.24) is 10.2 Å². The summed E-state index contributed by atoms with van der Waals surface area (Å²) in [5.74, 6) is 0.588. The summed E-state index contributed by atoms with van der Waals surface area (Å²) >= 11 is 0. The molecule has 1 aliphatic heterocycles. The lowest BCUT2D eigenvalue weighted by molar-refractivity contribution is -0.133. The minimum absolute atomic E-state index is 0.0998. The van der Waals surface area contributed by atoms with Crippen LogP contribution in [0.4, 0.5) is 4.39 Å². The first-order valence-corrected chi connectivity index (χ1v) is 7.90. The molecule has 114 valence electrons. The average molecular weight is 290 g/mol. The topological polar surface area (TPSA) is 32.3 Å². The summed E-state index contributed by atoms with van der Waals surface area (Å²) in [4.78, 5) is 14.4. The van der Waals surface area contributed by atoms with Crippen LogP contribution in [-0.4, -0.2) is 22.9 Å². The lowest BCUT2D eigenvalue weighted by atomic mass is 9.86. The second-order valence-corrected chi connectivity index (χ2v) is 6.47. The lowest BCUT2D eigenvalue weighted by Crippen LogP contribution is -2.42. The van der Waals surface area contributed by atoms with Crippen molar-refractivity contribution in [1.29, 1.82) is 0 Å². The van der Waals surface area contributed by atoms with Crippen molar-refractivity contribution >= 4 is 5.91 Å². The highest BCUT2D eigenvalue weighted by Gasteiger charge is 2.42. The smallest absolute Gasteiger partial charge is 0.241 e. The number of amides is 1. The Labute approximate surface area is 125 Å². The molecule has 3 nitrogen and oxygen atoms in total. The summed E-state index contributed by atoms with van der Waals surface area (Å²) in [6.45, 7) is 4.12. The number of hydrogen-bond donors (Lipinski definition) is 1. The Morgan fingerprint density at radius 1 is 1.14 bits per heavy atom. The third-order valence-electron chi connectivity index (χ3n) is 4.89. The zero-order valence-electron chi connectivity index (χ0n) is 12.7. The van der Waals surface area contributed by atoms with Crippen molar-refractivity contribution in [3.63, 3.8) is 0 Å². The molecule has 4 heteroatoms. The number of benzene rings is 1. The Hall–Kier alpha value is -1.42. The molecule has 1 saturated carbocycles. The van der Waals surface area contributed by atoms with Gasteiger partial charge in [0.1, 0.15) is 12.0 Å². The Kier molecular flexibility index (Phi) is 3.98. The molecule has 0 aromatic heterocycles. The van der Waals surface area contributed by atoms with E-state index in [0.29, 0.717) is 5.56 Å². The fraction of sp³-hybridized carbons (Fsp3) is 0.588. The Balaban J connectivity index is 1.88. The predicted molar refractivity (Wildman–Crippen MR) is 80.0 cm³/mol. The quantitative estimate of drug-likeness (QED) is 0.907. The van der Waals surface area contributed by atoms with E-state index in [1.165, 1.54) is 6.07 Å². The van der Waals surface area contributed by atoms with Crippen LogP contribution in [0, 0.1) is 11.7 Å². The van der Waals surface area contributed by atoms with Gasteiger partial charge in [-0.15, -0.1) is 0 Å². The molecule has 3 rings (SSSR count). The number of carbonyl (C=O) groups excluding carboxylic acids is 1. The van der Waals surface area contributed by atoms with Crippen LogP contribution in [0.2, 0.25) is 0 Å². The van der Waals surface area contributed by atoms with E-state index < -0.39 is 0 Å². The molecule has 2 atom stereocenters. The van der Waals surface area contributed by atoms with E-state index in [-0.39, 0.29) is 30.0 Å². The van der Waals surface area contributed by atoms with Crippen LogP contribution < -0.4 is 5.32 Å². The Bertz CT molecular complexity index is 525. The van der Waals surface area contributed by atoms with Gasteiger partial charge in [-0.25, -0.2) is 4.39 Å². The van der Waals surface area contributed by atoms with Gasteiger partial charge in [-0.1, -0.05) is 25.1 Å². The lowest BCUT2D eigenvalue weighted by Gasteiger charge is -2.37. The molecule has 1 N–H and O–H groups in total. The highest BCUT2D eigenvalue weighted by atomic mass is 19.1. The third kappa shape index (κ3) is 2.69. The largest absolute Gasteiger partial charge is 0.318 e. The first kappa shape index (κ1) is 14.5. The first-order chi connectivity index (χ1) is 10.1. The molecule has 21 heavy (non-hydrogen) atoms. The molecule has 0 bridgehead atoms. The van der Waals surface area contributed by atoms with E-state index in [1.807, 2.05) is 17.9 Å². The third-order valence-corrected chi connectivity index (χ3v) is 4.89. The minimum Gasteiger partial charge on any atom is -0.318 e. The monoisotopic (exact) mass is 290 g/mol. The molecule has 1 aliphatic carbocycles. The van der Waals surface area contributed by atoms with Crippen molar-refractivity contribution < 1.29 is 9.18 Å². The number of rotatable bonds is 2. The predicted octanol–water partition coefficient (Wildman–Crippen LogP) is 3.22. The second kappa shape index (κ2) is 5.76. The first-order valence-electron chi connectivity index (χ1n) is 7.90. The number of nitrogens with zero attached hydrogens (tertiary/aromatic N) is 1. The maximum Gasteiger partial charge on any atom is 0.241 e. The molecule has 0 radical (unpaired) electrons. The average Bonchev–Trinajstić information content (AvgIpc) is 2.76. The molecule has 1 aromatic rings. The van der Waals surface area contributed by atoms with Gasteiger partial charge in [-0.3, -0.25) is 10.1 Å². The summed E-state index contributed by atoms with van der Waals surface area (Å²) in [5, 5.41) is 3.26. The molecule has 1 saturated heterocycles. The highest BCUT2D eigenvalue weighted by molar-refractivity contribution is 5.84. The summed E-state index contributed by atoms with van der Waals surface area (Å²) in [7, 11) is 0. The number of carbonyl (C=O) groups is 1. The molecule has 1 heterocycles. The zero-order valence-corrected chi connectivity index (χ0v) is 12.7. The van der Waals surface area contributed by atoms with Crippen LogP contribution >= 0.6 is 0 Å². The summed E-state index contributed by atoms with van der Waals surface area (Å²) in [5.41, 5.74) is 0.578. The zero-order chi connectivity index (χ0) is 15.0. The summed E-state index contributed by atoms with van der Waals surface area (Å²) in [6, 6.07) is 6.74. The molecule has 2 unspecified atom stereocenters. The number of hydrogen-bond acceptors (Lipinski definition) is 2. The second-order valence-electron chi connectivity index (χ2n) is 6.47. The normalized spacial score (nSPS) is 33.5. The molecular weight excluding hydrogens is 267 g/mol. The SMILES string of the molecule is CC1CCC(N2C(=O)C(C)NC2c2ccccc2F)CC1. The molecular formula is C17H23FN2O. The number of halogens is 1. The van der Waals surface area contributed by atoms with Gasteiger partial charge in [0.25, 0.3) is 0 Å². The van der Waals surface area contributed by atoms with Crippen molar-refractivity contribution in [2.24, 2.45) is 5.92 Å². The van der Waals surface area contributed by atoms with Crippen molar-refractivity contribution in [3.8, 4) is 0 Å². The van der Waals surface area contributed by atoms with Crippen LogP contribution in [0.15, 0.2) is 24.3 Å². The van der Waals surface area contributed by atoms with E-state index in [2.05, 4.69) is 12.2 Å². The van der Waals surface area contributed by atoms with E-state index in [1.54, 1.807) is 12.1 Å². The van der Waals surface area contributed by atoms with Gasteiger partial charge in [0, 0.05) is 11.6 Å².